The summed E-state index contributed by atoms with van der Waals surface area (Å²) in [7, 11) is 0. The summed E-state index contributed by atoms with van der Waals surface area (Å²) in [4.78, 5) is 26.6. The van der Waals surface area contributed by atoms with Crippen molar-refractivity contribution < 1.29 is 23.8 Å². The van der Waals surface area contributed by atoms with Crippen LogP contribution >= 0.6 is 0 Å². The number of carbonyl (C=O) groups excluding carboxylic acids is 1. The third kappa shape index (κ3) is 4.90. The number of piperidine rings is 1. The number of fused-ring (bicyclic) bond motifs is 3. The number of alkyl carbamates (subject to hydrolysis) is 1. The number of ether oxygens (including phenoxy) is 1. The third-order valence-corrected chi connectivity index (χ3v) is 7.08. The zero-order chi connectivity index (χ0) is 24.4. The summed E-state index contributed by atoms with van der Waals surface area (Å²) >= 11 is 0. The molecule has 1 saturated heterocycles. The normalized spacial score (nSPS) is 16.4. The fraction of sp³-hybridized carbons (Fsp3) is 0.357. The molecule has 2 aromatic carbocycles. The van der Waals surface area contributed by atoms with Crippen molar-refractivity contribution in [3.8, 4) is 11.1 Å². The molecule has 1 amide bonds. The van der Waals surface area contributed by atoms with Gasteiger partial charge in [0.1, 0.15) is 18.4 Å². The van der Waals surface area contributed by atoms with E-state index in [0.717, 1.165) is 54.1 Å². The van der Waals surface area contributed by atoms with Crippen LogP contribution in [-0.4, -0.2) is 42.9 Å². The molecule has 1 atom stereocenters. The molecule has 35 heavy (non-hydrogen) atoms. The van der Waals surface area contributed by atoms with E-state index >= 15 is 0 Å². The lowest BCUT2D eigenvalue weighted by molar-refractivity contribution is -0.139. The second-order valence-corrected chi connectivity index (χ2v) is 9.47. The van der Waals surface area contributed by atoms with E-state index in [2.05, 4.69) is 29.3 Å². The van der Waals surface area contributed by atoms with Gasteiger partial charge < -0.3 is 24.5 Å². The van der Waals surface area contributed by atoms with Gasteiger partial charge in [-0.2, -0.15) is 0 Å². The highest BCUT2D eigenvalue weighted by Crippen LogP contribution is 2.44. The first kappa shape index (κ1) is 23.0. The van der Waals surface area contributed by atoms with E-state index in [1.165, 1.54) is 0 Å². The molecule has 0 saturated carbocycles. The Kier molecular flexibility index (Phi) is 6.49. The summed E-state index contributed by atoms with van der Waals surface area (Å²) < 4.78 is 11.4. The SMILES string of the molecule is CC1CCN(c2ccc(CC(NC(=O)OCC3c4ccccc4-c4ccccc43)C(=O)O)o2)CC1. The molecule has 2 heterocycles. The average molecular weight is 475 g/mol. The van der Waals surface area contributed by atoms with Gasteiger partial charge >= 0.3 is 12.1 Å². The van der Waals surface area contributed by atoms with Crippen molar-refractivity contribution in [2.24, 2.45) is 5.92 Å². The van der Waals surface area contributed by atoms with Crippen LogP contribution in [0.3, 0.4) is 0 Å². The maximum atomic E-state index is 12.6. The minimum absolute atomic E-state index is 0.0454. The molecule has 3 aromatic rings. The molecular weight excluding hydrogens is 444 g/mol. The van der Waals surface area contributed by atoms with Crippen LogP contribution in [0.1, 0.15) is 42.6 Å². The maximum absolute atomic E-state index is 12.6. The lowest BCUT2D eigenvalue weighted by Crippen LogP contribution is -2.42. The molecule has 1 unspecified atom stereocenters. The van der Waals surface area contributed by atoms with Crippen molar-refractivity contribution in [1.29, 1.82) is 0 Å². The lowest BCUT2D eigenvalue weighted by Gasteiger charge is -2.29. The van der Waals surface area contributed by atoms with Gasteiger partial charge in [-0.25, -0.2) is 9.59 Å². The molecule has 2 aliphatic rings. The Hall–Kier alpha value is -3.74. The van der Waals surface area contributed by atoms with Crippen LogP contribution in [0.25, 0.3) is 11.1 Å². The Bertz CT molecular complexity index is 1170. The van der Waals surface area contributed by atoms with E-state index in [9.17, 15) is 14.7 Å². The van der Waals surface area contributed by atoms with E-state index in [1.54, 1.807) is 6.07 Å². The van der Waals surface area contributed by atoms with Crippen LogP contribution in [0.2, 0.25) is 0 Å². The van der Waals surface area contributed by atoms with Crippen LogP contribution < -0.4 is 10.2 Å². The number of nitrogens with zero attached hydrogens (tertiary/aromatic N) is 1. The van der Waals surface area contributed by atoms with Gasteiger partial charge in [0.25, 0.3) is 0 Å². The molecule has 0 bridgehead atoms. The molecule has 182 valence electrons. The predicted molar refractivity (Wildman–Crippen MR) is 133 cm³/mol. The highest BCUT2D eigenvalue weighted by molar-refractivity contribution is 5.81. The number of carbonyl (C=O) groups is 2. The zero-order valence-corrected chi connectivity index (χ0v) is 19.8. The molecule has 1 fully saturated rings. The van der Waals surface area contributed by atoms with Crippen molar-refractivity contribution in [3.63, 3.8) is 0 Å². The fourth-order valence-electron chi connectivity index (χ4n) is 5.06. The number of nitrogens with one attached hydrogen (secondary N) is 1. The highest BCUT2D eigenvalue weighted by atomic mass is 16.5. The smallest absolute Gasteiger partial charge is 0.407 e. The molecule has 7 heteroatoms. The van der Waals surface area contributed by atoms with Crippen molar-refractivity contribution in [2.75, 3.05) is 24.6 Å². The Morgan fingerprint density at radius 2 is 1.66 bits per heavy atom. The summed E-state index contributed by atoms with van der Waals surface area (Å²) in [5.41, 5.74) is 4.48. The van der Waals surface area contributed by atoms with E-state index in [4.69, 9.17) is 9.15 Å². The van der Waals surface area contributed by atoms with E-state index in [1.807, 2.05) is 42.5 Å². The highest BCUT2D eigenvalue weighted by Gasteiger charge is 2.30. The molecule has 0 radical (unpaired) electrons. The molecule has 7 nitrogen and oxygen atoms in total. The third-order valence-electron chi connectivity index (χ3n) is 7.08. The van der Waals surface area contributed by atoms with Crippen molar-refractivity contribution in [2.45, 2.75) is 38.1 Å². The number of hydrogen-bond donors (Lipinski definition) is 2. The first-order chi connectivity index (χ1) is 17.0. The molecule has 2 N–H and O–H groups in total. The van der Waals surface area contributed by atoms with Gasteiger partial charge in [-0.05, 0) is 47.1 Å². The Balaban J connectivity index is 1.20. The van der Waals surface area contributed by atoms with Crippen molar-refractivity contribution in [1.82, 2.24) is 5.32 Å². The van der Waals surface area contributed by atoms with Crippen LogP contribution in [0.4, 0.5) is 10.7 Å². The van der Waals surface area contributed by atoms with Gasteiger partial charge in [0.15, 0.2) is 5.88 Å². The van der Waals surface area contributed by atoms with Crippen LogP contribution in [0.15, 0.2) is 65.1 Å². The summed E-state index contributed by atoms with van der Waals surface area (Å²) in [5, 5.41) is 12.2. The van der Waals surface area contributed by atoms with Crippen molar-refractivity contribution in [3.05, 3.63) is 77.6 Å². The lowest BCUT2D eigenvalue weighted by atomic mass is 9.98. The topological polar surface area (TPSA) is 92.0 Å². The number of aliphatic carboxylic acids is 1. The molecule has 5 rings (SSSR count). The number of carboxylic acids is 1. The quantitative estimate of drug-likeness (QED) is 0.498. The summed E-state index contributed by atoms with van der Waals surface area (Å²) in [5.74, 6) is 0.750. The van der Waals surface area contributed by atoms with E-state index in [-0.39, 0.29) is 18.9 Å². The standard InChI is InChI=1S/C28H30N2O5/c1-18-12-14-30(15-13-18)26-11-10-19(35-26)16-25(27(31)32)29-28(33)34-17-24-22-8-4-2-6-20(22)21-7-3-5-9-23(21)24/h2-11,18,24-25H,12-17H2,1H3,(H,29,33)(H,31,32). The molecule has 1 aliphatic heterocycles. The largest absolute Gasteiger partial charge is 0.480 e. The minimum atomic E-state index is -1.15. The predicted octanol–water partition coefficient (Wildman–Crippen LogP) is 5.05. The number of rotatable bonds is 7. The van der Waals surface area contributed by atoms with Gasteiger partial charge in [0, 0.05) is 31.5 Å². The van der Waals surface area contributed by atoms with Gasteiger partial charge in [-0.15, -0.1) is 0 Å². The first-order valence-corrected chi connectivity index (χ1v) is 12.2. The number of furan rings is 1. The number of benzene rings is 2. The molecule has 1 aromatic heterocycles. The second-order valence-electron chi connectivity index (χ2n) is 9.47. The maximum Gasteiger partial charge on any atom is 0.407 e. The monoisotopic (exact) mass is 474 g/mol. The minimum Gasteiger partial charge on any atom is -0.480 e. The number of hydrogen-bond acceptors (Lipinski definition) is 5. The fourth-order valence-corrected chi connectivity index (χ4v) is 5.06. The van der Waals surface area contributed by atoms with E-state index in [0.29, 0.717) is 11.7 Å². The Morgan fingerprint density at radius 1 is 1.03 bits per heavy atom. The summed E-state index contributed by atoms with van der Waals surface area (Å²) in [6.45, 7) is 4.23. The van der Waals surface area contributed by atoms with Crippen molar-refractivity contribution >= 4 is 17.9 Å². The van der Waals surface area contributed by atoms with Gasteiger partial charge in [0.2, 0.25) is 0 Å². The van der Waals surface area contributed by atoms with E-state index < -0.39 is 18.1 Å². The zero-order valence-electron chi connectivity index (χ0n) is 19.8. The van der Waals surface area contributed by atoms with Gasteiger partial charge in [-0.3, -0.25) is 0 Å². The number of carboxylic acid groups (broad SMARTS) is 1. The molecule has 0 spiro atoms. The Morgan fingerprint density at radius 3 is 2.29 bits per heavy atom. The molecule has 1 aliphatic carbocycles. The number of anilines is 1. The van der Waals surface area contributed by atoms with Gasteiger partial charge in [-0.1, -0.05) is 55.5 Å². The van der Waals surface area contributed by atoms with Crippen LogP contribution in [-0.2, 0) is 16.0 Å². The second kappa shape index (κ2) is 9.86. The molecular formula is C28H30N2O5. The summed E-state index contributed by atoms with van der Waals surface area (Å²) in [6.07, 6.45) is 1.51. The van der Waals surface area contributed by atoms with Gasteiger partial charge in [0.05, 0.1) is 0 Å². The summed E-state index contributed by atoms with van der Waals surface area (Å²) in [6, 6.07) is 18.7. The average Bonchev–Trinajstić information content (AvgIpc) is 3.45. The number of amides is 1. The Labute approximate surface area is 204 Å². The first-order valence-electron chi connectivity index (χ1n) is 12.2. The van der Waals surface area contributed by atoms with Crippen LogP contribution in [0.5, 0.6) is 0 Å². The van der Waals surface area contributed by atoms with Crippen LogP contribution in [0, 0.1) is 5.92 Å².